The maximum absolute atomic E-state index is 7.81. The van der Waals surface area contributed by atoms with Crippen LogP contribution in [0.15, 0.2) is 132 Å². The molecule has 5 nitrogen and oxygen atoms in total. The molecule has 2 aliphatic carbocycles. The van der Waals surface area contributed by atoms with Gasteiger partial charge in [-0.1, -0.05) is 166 Å². The Morgan fingerprint density at radius 3 is 1.46 bits per heavy atom. The number of ether oxygens (including phenoxy) is 1. The van der Waals surface area contributed by atoms with E-state index in [1.54, 1.807) is 0 Å². The van der Waals surface area contributed by atoms with Crippen LogP contribution in [0.3, 0.4) is 0 Å². The van der Waals surface area contributed by atoms with Crippen LogP contribution >= 0.6 is 0 Å². The zero-order valence-corrected chi connectivity index (χ0v) is 49.7. The van der Waals surface area contributed by atoms with Crippen molar-refractivity contribution in [2.45, 2.75) is 181 Å². The molecule has 0 radical (unpaired) electrons. The number of para-hydroxylation sites is 4. The van der Waals surface area contributed by atoms with Crippen molar-refractivity contribution >= 4 is 85.5 Å². The van der Waals surface area contributed by atoms with Gasteiger partial charge >= 0.3 is 0 Å². The molecule has 0 spiro atoms. The van der Waals surface area contributed by atoms with Gasteiger partial charge in [-0.3, -0.25) is 0 Å². The molecule has 398 valence electrons. The topological polar surface area (TPSA) is 32.1 Å². The number of hydrogen-bond donors (Lipinski definition) is 0. The van der Waals surface area contributed by atoms with Gasteiger partial charge in [-0.25, -0.2) is 0 Å². The predicted molar refractivity (Wildman–Crippen MR) is 332 cm³/mol. The third-order valence-corrected chi connectivity index (χ3v) is 19.2. The number of hydrogen-bond acceptors (Lipinski definition) is 5. The Hall–Kier alpha value is -6.66. The van der Waals surface area contributed by atoms with E-state index in [-0.39, 0.29) is 44.6 Å². The van der Waals surface area contributed by atoms with Crippen LogP contribution < -0.4 is 36.0 Å². The highest BCUT2D eigenvalue weighted by Gasteiger charge is 2.50. The van der Waals surface area contributed by atoms with Crippen LogP contribution in [0.2, 0.25) is 0 Å². The number of rotatable bonds is 3. The maximum Gasteiger partial charge on any atom is 0.297 e. The van der Waals surface area contributed by atoms with Gasteiger partial charge in [0.25, 0.3) is 6.71 Å². The van der Waals surface area contributed by atoms with Crippen molar-refractivity contribution in [1.82, 2.24) is 0 Å². The number of benzene rings is 7. The third kappa shape index (κ3) is 7.68. The molecule has 7 aromatic carbocycles. The van der Waals surface area contributed by atoms with Crippen LogP contribution in [0, 0.1) is 0 Å². The van der Waals surface area contributed by atoms with Crippen molar-refractivity contribution in [1.29, 1.82) is 0 Å². The Morgan fingerprint density at radius 2 is 0.897 bits per heavy atom. The molecule has 0 bridgehead atoms. The normalized spacial score (nSPS) is 18.3. The molecule has 0 N–H and O–H groups in total. The van der Waals surface area contributed by atoms with Gasteiger partial charge in [-0.15, -0.1) is 0 Å². The van der Waals surface area contributed by atoms with Crippen LogP contribution in [0.25, 0.3) is 11.0 Å². The summed E-state index contributed by atoms with van der Waals surface area (Å²) >= 11 is 0. The summed E-state index contributed by atoms with van der Waals surface area (Å²) in [6, 6.07) is 49.3. The monoisotopic (exact) mass is 1030 g/mol. The molecule has 0 saturated heterocycles. The molecule has 78 heavy (non-hydrogen) atoms. The van der Waals surface area contributed by atoms with Gasteiger partial charge in [0, 0.05) is 33.8 Å². The maximum atomic E-state index is 7.81. The van der Waals surface area contributed by atoms with Gasteiger partial charge in [0.05, 0.1) is 28.4 Å². The summed E-state index contributed by atoms with van der Waals surface area (Å²) < 4.78 is 14.6. The van der Waals surface area contributed by atoms with E-state index in [0.717, 1.165) is 93.9 Å². The molecule has 4 heterocycles. The fourth-order valence-corrected chi connectivity index (χ4v) is 14.0. The molecule has 0 amide bonds. The smallest absolute Gasteiger partial charge is 0.297 e. The molecule has 0 unspecified atom stereocenters. The van der Waals surface area contributed by atoms with E-state index in [9.17, 15) is 0 Å². The Bertz CT molecular complexity index is 3750. The molecule has 8 aromatic rings. The number of nitrogens with zero attached hydrogens (tertiary/aromatic N) is 3. The average Bonchev–Trinajstić information content (AvgIpc) is 2.36. The summed E-state index contributed by atoms with van der Waals surface area (Å²) in [5, 5.41) is 1.18. The van der Waals surface area contributed by atoms with Crippen molar-refractivity contribution in [2.75, 3.05) is 14.7 Å². The van der Waals surface area contributed by atoms with Gasteiger partial charge in [0.1, 0.15) is 5.58 Å². The molecule has 1 aromatic heterocycles. The number of anilines is 9. The van der Waals surface area contributed by atoms with Crippen molar-refractivity contribution in [3.63, 3.8) is 0 Å². The van der Waals surface area contributed by atoms with Gasteiger partial charge in [-0.2, -0.15) is 0 Å². The predicted octanol–water partition coefficient (Wildman–Crippen LogP) is 18.7. The van der Waals surface area contributed by atoms with Gasteiger partial charge in [0.2, 0.25) is 0 Å². The SMILES string of the molecule is CC(C)(C)c1cc(N2c3ccc(C(C)(C)C)cc3B3c4oc5cc6c(cc5c4N(c4ccc5c(c4)C(C)(C)CCC5(C)C)c4cc(N5c7ccccc7Oc7ccccc75)cc2c43)C(C)(C)CCC6(C)C)cc(C(C)(C)C)c1. The van der Waals surface area contributed by atoms with E-state index in [4.69, 9.17) is 9.15 Å². The van der Waals surface area contributed by atoms with Crippen LogP contribution in [-0.4, -0.2) is 6.71 Å². The zero-order chi connectivity index (χ0) is 55.2. The molecule has 3 aliphatic heterocycles. The zero-order valence-electron chi connectivity index (χ0n) is 49.7. The molecule has 13 rings (SSSR count). The lowest BCUT2D eigenvalue weighted by Crippen LogP contribution is -2.61. The van der Waals surface area contributed by atoms with Crippen LogP contribution in [0.1, 0.15) is 182 Å². The molecular formula is C72H80BN3O2. The molecule has 0 fully saturated rings. The third-order valence-electron chi connectivity index (χ3n) is 19.2. The first-order chi connectivity index (χ1) is 36.5. The molecule has 6 heteroatoms. The van der Waals surface area contributed by atoms with E-state index in [2.05, 4.69) is 260 Å². The quantitative estimate of drug-likeness (QED) is 0.165. The van der Waals surface area contributed by atoms with Crippen molar-refractivity contribution in [3.05, 3.63) is 166 Å². The first kappa shape index (κ1) is 50.8. The Kier molecular flexibility index (Phi) is 10.7. The molecule has 0 saturated carbocycles. The minimum Gasteiger partial charge on any atom is -0.468 e. The van der Waals surface area contributed by atoms with Crippen LogP contribution in [0.4, 0.5) is 51.2 Å². The van der Waals surface area contributed by atoms with E-state index in [1.807, 2.05) is 0 Å². The van der Waals surface area contributed by atoms with E-state index < -0.39 is 0 Å². The Morgan fingerprint density at radius 1 is 0.410 bits per heavy atom. The van der Waals surface area contributed by atoms with Crippen LogP contribution in [-0.2, 0) is 37.9 Å². The lowest BCUT2D eigenvalue weighted by atomic mass is 9.35. The summed E-state index contributed by atoms with van der Waals surface area (Å²) in [6.07, 6.45) is 4.54. The minimum atomic E-state index is -0.223. The second-order valence-corrected chi connectivity index (χ2v) is 29.6. The van der Waals surface area contributed by atoms with E-state index in [1.165, 1.54) is 60.9 Å². The number of fused-ring (bicyclic) bond motifs is 10. The van der Waals surface area contributed by atoms with Crippen molar-refractivity contribution < 1.29 is 9.15 Å². The van der Waals surface area contributed by atoms with Crippen LogP contribution in [0.5, 0.6) is 11.5 Å². The lowest BCUT2D eigenvalue weighted by Gasteiger charge is -2.45. The van der Waals surface area contributed by atoms with Crippen molar-refractivity contribution in [3.8, 4) is 11.5 Å². The average molecular weight is 1030 g/mol. The summed E-state index contributed by atoms with van der Waals surface area (Å²) in [4.78, 5) is 7.72. The first-order valence-electron chi connectivity index (χ1n) is 29.0. The van der Waals surface area contributed by atoms with Gasteiger partial charge < -0.3 is 23.9 Å². The largest absolute Gasteiger partial charge is 0.468 e. The second-order valence-electron chi connectivity index (χ2n) is 29.6. The first-order valence-corrected chi connectivity index (χ1v) is 29.0. The molecule has 5 aliphatic rings. The number of furan rings is 1. The second kappa shape index (κ2) is 16.5. The highest BCUT2D eigenvalue weighted by Crippen LogP contribution is 2.57. The summed E-state index contributed by atoms with van der Waals surface area (Å²) in [5.41, 5.74) is 23.9. The fourth-order valence-electron chi connectivity index (χ4n) is 14.0. The summed E-state index contributed by atoms with van der Waals surface area (Å²) in [6.45, 7) is 40.5. The van der Waals surface area contributed by atoms with Gasteiger partial charge in [0.15, 0.2) is 11.5 Å². The van der Waals surface area contributed by atoms with Gasteiger partial charge in [-0.05, 0) is 192 Å². The molecular weight excluding hydrogens is 950 g/mol. The summed E-state index contributed by atoms with van der Waals surface area (Å²) in [7, 11) is 0. The lowest BCUT2D eigenvalue weighted by molar-refractivity contribution is 0.332. The minimum absolute atomic E-state index is 0.00568. The molecule has 0 atom stereocenters. The highest BCUT2D eigenvalue weighted by molar-refractivity contribution is 7.00. The standard InChI is InChI=1S/C72H80BN3O2/c1-66(2,3)43-26-29-55-54(37-43)73-63-58(74(55)47-35-44(67(4,5)6)34-45(36-47)68(7,8)9)39-48(75-56-22-18-20-24-60(56)77-61-25-21-19-23-57(61)75)40-59(63)76(46-27-28-50-51(38-46)70(12,13)31-30-69(50,10)11)64-49-41-52-53(42-62(49)78-65(64)73)72(16,17)33-32-71(52,14)15/h18-29,34-42H,30-33H2,1-17H3. The highest BCUT2D eigenvalue weighted by atomic mass is 16.5. The van der Waals surface area contributed by atoms with E-state index in [0.29, 0.717) is 0 Å². The van der Waals surface area contributed by atoms with Crippen molar-refractivity contribution in [2.24, 2.45) is 0 Å². The summed E-state index contributed by atoms with van der Waals surface area (Å²) in [5.74, 6) is 1.67. The Balaban J connectivity index is 1.22. The fraction of sp³-hybridized carbons (Fsp3) is 0.389. The Labute approximate surface area is 466 Å². The van der Waals surface area contributed by atoms with E-state index >= 15 is 0 Å².